The zero-order valence-corrected chi connectivity index (χ0v) is 13.5. The minimum Gasteiger partial charge on any atom is -0.378 e. The number of rotatable bonds is 6. The second-order valence-corrected chi connectivity index (χ2v) is 5.17. The fourth-order valence-electron chi connectivity index (χ4n) is 1.95. The molecule has 1 atom stereocenters. The standard InChI is InChI=1S/C20H20N2O2/c1-16(10-8-9-13-17-11-4-2-5-12-17)21-22-20(24)19(23)18-14-6-3-7-15-18/h2-15,19,23H,1H3,(H,22,24)/b10-8+,13-9+,21-16+. The number of nitrogens with one attached hydrogen (secondary N) is 1. The largest absolute Gasteiger partial charge is 0.378 e. The molecular weight excluding hydrogens is 300 g/mol. The first-order valence-electron chi connectivity index (χ1n) is 7.64. The Hall–Kier alpha value is -2.98. The zero-order chi connectivity index (χ0) is 17.2. The van der Waals surface area contributed by atoms with Crippen molar-refractivity contribution in [3.05, 3.63) is 90.0 Å². The van der Waals surface area contributed by atoms with E-state index >= 15 is 0 Å². The van der Waals surface area contributed by atoms with Gasteiger partial charge in [-0.1, -0.05) is 78.9 Å². The summed E-state index contributed by atoms with van der Waals surface area (Å²) in [6, 6.07) is 18.7. The van der Waals surface area contributed by atoms with Crippen molar-refractivity contribution in [3.8, 4) is 0 Å². The fraction of sp³-hybridized carbons (Fsp3) is 0.100. The molecule has 4 nitrogen and oxygen atoms in total. The average Bonchev–Trinajstić information content (AvgIpc) is 2.64. The van der Waals surface area contributed by atoms with E-state index in [1.165, 1.54) is 0 Å². The molecule has 2 rings (SSSR count). The van der Waals surface area contributed by atoms with Crippen LogP contribution in [0, 0.1) is 0 Å². The number of aliphatic hydroxyl groups is 1. The van der Waals surface area contributed by atoms with E-state index in [1.807, 2.05) is 54.6 Å². The van der Waals surface area contributed by atoms with Gasteiger partial charge in [-0.15, -0.1) is 0 Å². The Bertz CT molecular complexity index is 735. The molecular formula is C20H20N2O2. The van der Waals surface area contributed by atoms with Crippen molar-refractivity contribution >= 4 is 17.7 Å². The highest BCUT2D eigenvalue weighted by Crippen LogP contribution is 2.11. The van der Waals surface area contributed by atoms with Crippen LogP contribution < -0.4 is 5.43 Å². The van der Waals surface area contributed by atoms with Crippen molar-refractivity contribution in [3.63, 3.8) is 0 Å². The molecule has 0 spiro atoms. The van der Waals surface area contributed by atoms with Crippen molar-refractivity contribution in [2.24, 2.45) is 5.10 Å². The van der Waals surface area contributed by atoms with Crippen LogP contribution in [0.25, 0.3) is 6.08 Å². The lowest BCUT2D eigenvalue weighted by Crippen LogP contribution is -2.25. The number of amides is 1. The number of aliphatic hydroxyl groups excluding tert-OH is 1. The fourth-order valence-corrected chi connectivity index (χ4v) is 1.95. The van der Waals surface area contributed by atoms with E-state index in [2.05, 4.69) is 10.5 Å². The highest BCUT2D eigenvalue weighted by atomic mass is 16.3. The molecule has 0 aliphatic rings. The first-order valence-corrected chi connectivity index (χ1v) is 7.64. The first-order chi connectivity index (χ1) is 11.7. The van der Waals surface area contributed by atoms with Crippen molar-refractivity contribution in [2.45, 2.75) is 13.0 Å². The molecule has 1 unspecified atom stereocenters. The summed E-state index contributed by atoms with van der Waals surface area (Å²) in [6.45, 7) is 1.77. The monoisotopic (exact) mass is 320 g/mol. The van der Waals surface area contributed by atoms with Crippen LogP contribution in [0.4, 0.5) is 0 Å². The number of hydrazone groups is 1. The van der Waals surface area contributed by atoms with Crippen molar-refractivity contribution in [2.75, 3.05) is 0 Å². The van der Waals surface area contributed by atoms with Gasteiger partial charge in [-0.2, -0.15) is 5.10 Å². The van der Waals surface area contributed by atoms with Gasteiger partial charge in [0.25, 0.3) is 5.91 Å². The molecule has 0 saturated carbocycles. The van der Waals surface area contributed by atoms with Gasteiger partial charge in [0.05, 0.1) is 5.71 Å². The third kappa shape index (κ3) is 5.66. The van der Waals surface area contributed by atoms with Crippen molar-refractivity contribution < 1.29 is 9.90 Å². The highest BCUT2D eigenvalue weighted by Gasteiger charge is 2.15. The second-order valence-electron chi connectivity index (χ2n) is 5.17. The molecule has 0 saturated heterocycles. The molecule has 0 aliphatic carbocycles. The Kier molecular flexibility index (Phi) is 6.68. The van der Waals surface area contributed by atoms with Gasteiger partial charge in [0, 0.05) is 0 Å². The van der Waals surface area contributed by atoms with E-state index in [4.69, 9.17) is 0 Å². The third-order valence-electron chi connectivity index (χ3n) is 3.24. The Morgan fingerprint density at radius 2 is 1.67 bits per heavy atom. The van der Waals surface area contributed by atoms with Crippen molar-refractivity contribution in [1.29, 1.82) is 0 Å². The molecule has 0 aliphatic heterocycles. The molecule has 0 fully saturated rings. The van der Waals surface area contributed by atoms with Gasteiger partial charge in [0.1, 0.15) is 0 Å². The predicted octanol–water partition coefficient (Wildman–Crippen LogP) is 3.48. The minimum absolute atomic E-state index is 0.532. The normalized spacial score (nSPS) is 13.3. The smallest absolute Gasteiger partial charge is 0.273 e. The molecule has 24 heavy (non-hydrogen) atoms. The van der Waals surface area contributed by atoms with Crippen LogP contribution in [0.5, 0.6) is 0 Å². The molecule has 2 aromatic rings. The number of carbonyl (C=O) groups excluding carboxylic acids is 1. The predicted molar refractivity (Wildman–Crippen MR) is 97.3 cm³/mol. The number of carbonyl (C=O) groups is 1. The van der Waals surface area contributed by atoms with Crippen LogP contribution in [0.1, 0.15) is 24.2 Å². The summed E-state index contributed by atoms with van der Waals surface area (Å²) in [7, 11) is 0. The van der Waals surface area contributed by atoms with Crippen LogP contribution in [-0.4, -0.2) is 16.7 Å². The molecule has 0 radical (unpaired) electrons. The summed E-state index contributed by atoms with van der Waals surface area (Å²) in [6.07, 6.45) is 6.25. The lowest BCUT2D eigenvalue weighted by atomic mass is 10.1. The number of hydrogen-bond acceptors (Lipinski definition) is 3. The summed E-state index contributed by atoms with van der Waals surface area (Å²) >= 11 is 0. The molecule has 0 aromatic heterocycles. The van der Waals surface area contributed by atoms with Crippen LogP contribution in [0.15, 0.2) is 84.0 Å². The summed E-state index contributed by atoms with van der Waals surface area (Å²) in [5, 5.41) is 13.9. The second kappa shape index (κ2) is 9.22. The SMILES string of the molecule is CC(/C=C/C=C/c1ccccc1)=N\NC(=O)C(O)c1ccccc1. The third-order valence-corrected chi connectivity index (χ3v) is 3.24. The number of benzene rings is 2. The van der Waals surface area contributed by atoms with Gasteiger partial charge in [0.2, 0.25) is 0 Å². The Balaban J connectivity index is 1.86. The molecule has 0 bridgehead atoms. The van der Waals surface area contributed by atoms with E-state index < -0.39 is 12.0 Å². The summed E-state index contributed by atoms with van der Waals surface area (Å²) in [4.78, 5) is 11.9. The molecule has 1 amide bonds. The van der Waals surface area contributed by atoms with Crippen LogP contribution in [0.2, 0.25) is 0 Å². The molecule has 2 aromatic carbocycles. The van der Waals surface area contributed by atoms with Gasteiger partial charge in [-0.25, -0.2) is 5.43 Å². The maximum absolute atomic E-state index is 11.9. The van der Waals surface area contributed by atoms with E-state index in [1.54, 1.807) is 37.3 Å². The van der Waals surface area contributed by atoms with Gasteiger partial charge in [-0.05, 0) is 24.1 Å². The maximum atomic E-state index is 11.9. The Labute approximate surface area is 141 Å². The van der Waals surface area contributed by atoms with E-state index in [-0.39, 0.29) is 0 Å². The van der Waals surface area contributed by atoms with E-state index in [0.717, 1.165) is 5.56 Å². The van der Waals surface area contributed by atoms with E-state index in [9.17, 15) is 9.90 Å². The number of allylic oxidation sites excluding steroid dienone is 3. The number of nitrogens with zero attached hydrogens (tertiary/aromatic N) is 1. The lowest BCUT2D eigenvalue weighted by molar-refractivity contribution is -0.129. The highest BCUT2D eigenvalue weighted by molar-refractivity contribution is 5.94. The zero-order valence-electron chi connectivity index (χ0n) is 13.5. The molecule has 2 N–H and O–H groups in total. The summed E-state index contributed by atoms with van der Waals surface area (Å²) < 4.78 is 0. The maximum Gasteiger partial charge on any atom is 0.273 e. The lowest BCUT2D eigenvalue weighted by Gasteiger charge is -2.08. The number of hydrogen-bond donors (Lipinski definition) is 2. The molecule has 4 heteroatoms. The Morgan fingerprint density at radius 1 is 1.04 bits per heavy atom. The van der Waals surface area contributed by atoms with Gasteiger partial charge in [0.15, 0.2) is 6.10 Å². The van der Waals surface area contributed by atoms with E-state index in [0.29, 0.717) is 11.3 Å². The topological polar surface area (TPSA) is 61.7 Å². The first kappa shape index (κ1) is 17.4. The van der Waals surface area contributed by atoms with Gasteiger partial charge >= 0.3 is 0 Å². The minimum atomic E-state index is -1.23. The van der Waals surface area contributed by atoms with Crippen LogP contribution >= 0.6 is 0 Å². The molecule has 122 valence electrons. The molecule has 0 heterocycles. The quantitative estimate of drug-likeness (QED) is 0.486. The van der Waals surface area contributed by atoms with Gasteiger partial charge in [-0.3, -0.25) is 4.79 Å². The van der Waals surface area contributed by atoms with Crippen molar-refractivity contribution in [1.82, 2.24) is 5.43 Å². The summed E-state index contributed by atoms with van der Waals surface area (Å²) in [5.41, 5.74) is 4.63. The van der Waals surface area contributed by atoms with Gasteiger partial charge < -0.3 is 5.11 Å². The Morgan fingerprint density at radius 3 is 2.33 bits per heavy atom. The van der Waals surface area contributed by atoms with Crippen LogP contribution in [0.3, 0.4) is 0 Å². The summed E-state index contributed by atoms with van der Waals surface area (Å²) in [5.74, 6) is -0.561. The average molecular weight is 320 g/mol. The van der Waals surface area contributed by atoms with Crippen LogP contribution in [-0.2, 0) is 4.79 Å².